The molecule has 0 radical (unpaired) electrons. The van der Waals surface area contributed by atoms with Crippen LogP contribution >= 0.6 is 0 Å². The molecule has 0 saturated heterocycles. The second-order valence-electron chi connectivity index (χ2n) is 14.3. The van der Waals surface area contributed by atoms with Gasteiger partial charge in [0.2, 0.25) is 0 Å². The van der Waals surface area contributed by atoms with Gasteiger partial charge >= 0.3 is 0 Å². The van der Waals surface area contributed by atoms with E-state index in [1.54, 1.807) is 25.3 Å². The van der Waals surface area contributed by atoms with E-state index in [0.29, 0.717) is 75.3 Å². The number of aliphatic hydroxyl groups excluding tert-OH is 4. The van der Waals surface area contributed by atoms with Crippen molar-refractivity contribution in [3.05, 3.63) is 112 Å². The maximum Gasteiger partial charge on any atom is 0.255 e. The summed E-state index contributed by atoms with van der Waals surface area (Å²) in [7, 11) is 1.61. The van der Waals surface area contributed by atoms with E-state index in [9.17, 15) is 25.2 Å². The van der Waals surface area contributed by atoms with Crippen molar-refractivity contribution in [2.45, 2.75) is 90.9 Å². The second kappa shape index (κ2) is 20.1. The number of nitrogens with one attached hydrogen (secondary N) is 2. The molecule has 1 amide bonds. The fraction of sp³-hybridized carbons (Fsp3) is 0.378. The van der Waals surface area contributed by atoms with Crippen molar-refractivity contribution in [2.24, 2.45) is 0 Å². The number of hydrogen-bond donors (Lipinski definition) is 6. The van der Waals surface area contributed by atoms with Crippen LogP contribution < -0.4 is 24.8 Å². The Labute approximate surface area is 333 Å². The molecular formula is C45H53N3O9. The Morgan fingerprint density at radius 3 is 1.95 bits per heavy atom. The second-order valence-corrected chi connectivity index (χ2v) is 14.3. The first-order valence-electron chi connectivity index (χ1n) is 19.7. The van der Waals surface area contributed by atoms with E-state index in [4.69, 9.17) is 18.7 Å². The smallest absolute Gasteiger partial charge is 0.255 e. The predicted octanol–water partition coefficient (Wildman–Crippen LogP) is 7.73. The van der Waals surface area contributed by atoms with Crippen molar-refractivity contribution < 1.29 is 44.0 Å². The first-order chi connectivity index (χ1) is 27.8. The standard InChI is InChI=1S/C45H53N3O9/c1-29-11-14-38-36(19-29)45(53)47-44(46-38)31-13-15-40(35(20-31)27-51)55-17-9-7-5-3-4-6-8-10-18-56-43-23-30(12-16-41(43)54-2)39-24-42(57-48-39)32-21-33(25-49)37(28-52)34(22-32)26-50/h11-16,19-24,44,46,49-52H,3-10,17-18,25-28H2,1-2H3,(H,47,53). The summed E-state index contributed by atoms with van der Waals surface area (Å²) < 4.78 is 23.4. The van der Waals surface area contributed by atoms with Gasteiger partial charge < -0.3 is 49.8 Å². The third kappa shape index (κ3) is 10.3. The van der Waals surface area contributed by atoms with Crippen LogP contribution in [0.4, 0.5) is 5.69 Å². The van der Waals surface area contributed by atoms with Gasteiger partial charge in [0.1, 0.15) is 17.6 Å². The summed E-state index contributed by atoms with van der Waals surface area (Å²) in [5.74, 6) is 2.26. The molecule has 0 bridgehead atoms. The third-order valence-electron chi connectivity index (χ3n) is 10.3. The monoisotopic (exact) mass is 779 g/mol. The number of ether oxygens (including phenoxy) is 3. The van der Waals surface area contributed by atoms with Gasteiger partial charge in [-0.2, -0.15) is 0 Å². The molecule has 6 rings (SSSR count). The molecule has 0 spiro atoms. The van der Waals surface area contributed by atoms with Crippen LogP contribution in [0.3, 0.4) is 0 Å². The van der Waals surface area contributed by atoms with Gasteiger partial charge in [-0.25, -0.2) is 0 Å². The van der Waals surface area contributed by atoms with Crippen molar-refractivity contribution in [3.63, 3.8) is 0 Å². The van der Waals surface area contributed by atoms with Gasteiger partial charge in [-0.3, -0.25) is 4.79 Å². The van der Waals surface area contributed by atoms with Crippen LogP contribution in [-0.4, -0.2) is 51.8 Å². The van der Waals surface area contributed by atoms with Crippen molar-refractivity contribution in [1.82, 2.24) is 10.5 Å². The Balaban J connectivity index is 0.879. The number of nitrogens with zero attached hydrogens (tertiary/aromatic N) is 1. The Hall–Kier alpha value is -5.40. The van der Waals surface area contributed by atoms with Gasteiger partial charge in [0.15, 0.2) is 17.3 Å². The normalized spacial score (nSPS) is 13.5. The summed E-state index contributed by atoms with van der Waals surface area (Å²) in [4.78, 5) is 12.7. The molecule has 1 aliphatic rings. The number of unbranched alkanes of at least 4 members (excludes halogenated alkanes) is 7. The molecule has 6 N–H and O–H groups in total. The Morgan fingerprint density at radius 2 is 1.30 bits per heavy atom. The maximum atomic E-state index is 12.7. The molecule has 1 atom stereocenters. The number of aliphatic hydroxyl groups is 4. The number of anilines is 1. The lowest BCUT2D eigenvalue weighted by atomic mass is 9.97. The summed E-state index contributed by atoms with van der Waals surface area (Å²) >= 11 is 0. The van der Waals surface area contributed by atoms with Crippen LogP contribution in [0.25, 0.3) is 22.6 Å². The molecule has 12 nitrogen and oxygen atoms in total. The van der Waals surface area contributed by atoms with Crippen molar-refractivity contribution in [2.75, 3.05) is 25.6 Å². The number of rotatable bonds is 21. The van der Waals surface area contributed by atoms with E-state index in [1.807, 2.05) is 61.5 Å². The number of aryl methyl sites for hydroxylation is 1. The van der Waals surface area contributed by atoms with Gasteiger partial charge in [-0.1, -0.05) is 61.4 Å². The molecule has 302 valence electrons. The average Bonchev–Trinajstić information content (AvgIpc) is 3.74. The minimum Gasteiger partial charge on any atom is -0.493 e. The van der Waals surface area contributed by atoms with Crippen molar-refractivity contribution in [3.8, 4) is 39.8 Å². The van der Waals surface area contributed by atoms with Crippen LogP contribution in [0.5, 0.6) is 17.2 Å². The molecule has 1 unspecified atom stereocenters. The molecule has 2 heterocycles. The molecule has 0 aliphatic carbocycles. The molecule has 1 aliphatic heterocycles. The first kappa shape index (κ1) is 41.2. The fourth-order valence-corrected chi connectivity index (χ4v) is 7.13. The lowest BCUT2D eigenvalue weighted by Gasteiger charge is -2.29. The topological polar surface area (TPSA) is 176 Å². The number of fused-ring (bicyclic) bond motifs is 1. The van der Waals surface area contributed by atoms with E-state index < -0.39 is 6.17 Å². The lowest BCUT2D eigenvalue weighted by Crippen LogP contribution is -2.38. The number of carbonyl (C=O) groups is 1. The van der Waals surface area contributed by atoms with Crippen LogP contribution in [0.1, 0.15) is 101 Å². The SMILES string of the molecule is COc1ccc(-c2cc(-c3cc(CO)c(CO)c(CO)c3)on2)cc1OCCCCCCCCCCOc1ccc(C2NC(=O)c3cc(C)ccc3N2)cc1CO. The van der Waals surface area contributed by atoms with Crippen LogP contribution in [0.2, 0.25) is 0 Å². The van der Waals surface area contributed by atoms with Gasteiger partial charge in [0.05, 0.1) is 52.3 Å². The fourth-order valence-electron chi connectivity index (χ4n) is 7.13. The number of amides is 1. The van der Waals surface area contributed by atoms with Gasteiger partial charge in [-0.15, -0.1) is 0 Å². The molecule has 1 aromatic heterocycles. The minimum atomic E-state index is -0.391. The van der Waals surface area contributed by atoms with Crippen LogP contribution in [0.15, 0.2) is 77.3 Å². The zero-order chi connectivity index (χ0) is 40.1. The van der Waals surface area contributed by atoms with Gasteiger partial charge in [0.25, 0.3) is 5.91 Å². The van der Waals surface area contributed by atoms with Gasteiger partial charge in [-0.05, 0) is 96.6 Å². The summed E-state index contributed by atoms with van der Waals surface area (Å²) in [5.41, 5.74) is 7.56. The predicted molar refractivity (Wildman–Crippen MR) is 217 cm³/mol. The van der Waals surface area contributed by atoms with Gasteiger partial charge in [0, 0.05) is 28.4 Å². The Kier molecular flexibility index (Phi) is 14.6. The molecule has 57 heavy (non-hydrogen) atoms. The van der Waals surface area contributed by atoms with Crippen molar-refractivity contribution in [1.29, 1.82) is 0 Å². The molecule has 12 heteroatoms. The van der Waals surface area contributed by atoms with Crippen LogP contribution in [-0.2, 0) is 26.4 Å². The molecule has 5 aromatic rings. The number of carbonyl (C=O) groups excluding carboxylic acids is 1. The molecular weight excluding hydrogens is 727 g/mol. The third-order valence-corrected chi connectivity index (χ3v) is 10.3. The van der Waals surface area contributed by atoms with E-state index >= 15 is 0 Å². The highest BCUT2D eigenvalue weighted by Gasteiger charge is 2.25. The summed E-state index contributed by atoms with van der Waals surface area (Å²) in [6.45, 7) is 2.10. The van der Waals surface area contributed by atoms with Crippen LogP contribution in [0, 0.1) is 6.92 Å². The summed E-state index contributed by atoms with van der Waals surface area (Å²) in [5, 5.41) is 50.0. The molecule has 0 fully saturated rings. The lowest BCUT2D eigenvalue weighted by molar-refractivity contribution is 0.0935. The van der Waals surface area contributed by atoms with E-state index in [0.717, 1.165) is 73.7 Å². The number of hydrogen-bond acceptors (Lipinski definition) is 11. The average molecular weight is 780 g/mol. The quantitative estimate of drug-likeness (QED) is 0.0402. The van der Waals surface area contributed by atoms with E-state index in [2.05, 4.69) is 15.8 Å². The zero-order valence-corrected chi connectivity index (χ0v) is 32.7. The minimum absolute atomic E-state index is 0.125. The highest BCUT2D eigenvalue weighted by molar-refractivity contribution is 6.01. The maximum absolute atomic E-state index is 12.7. The van der Waals surface area contributed by atoms with E-state index in [-0.39, 0.29) is 32.3 Å². The summed E-state index contributed by atoms with van der Waals surface area (Å²) in [6.07, 6.45) is 8.16. The summed E-state index contributed by atoms with van der Waals surface area (Å²) in [6, 6.07) is 22.3. The number of benzene rings is 4. The first-order valence-corrected chi connectivity index (χ1v) is 19.7. The number of methoxy groups -OCH3 is 1. The zero-order valence-electron chi connectivity index (χ0n) is 32.7. The largest absolute Gasteiger partial charge is 0.493 e. The Bertz CT molecular complexity index is 2090. The number of aromatic nitrogens is 1. The Morgan fingerprint density at radius 1 is 0.649 bits per heavy atom. The highest BCUT2D eigenvalue weighted by Crippen LogP contribution is 2.35. The highest BCUT2D eigenvalue weighted by atomic mass is 16.5. The molecule has 0 saturated carbocycles. The molecule has 4 aromatic carbocycles. The van der Waals surface area contributed by atoms with E-state index in [1.165, 1.54) is 0 Å². The van der Waals surface area contributed by atoms with Crippen molar-refractivity contribution >= 4 is 11.6 Å².